The van der Waals surface area contributed by atoms with Gasteiger partial charge in [0.25, 0.3) is 0 Å². The van der Waals surface area contributed by atoms with Gasteiger partial charge in [0.1, 0.15) is 5.82 Å². The fourth-order valence-electron chi connectivity index (χ4n) is 1.77. The van der Waals surface area contributed by atoms with E-state index in [2.05, 4.69) is 11.6 Å². The number of methoxy groups -OCH3 is 1. The van der Waals surface area contributed by atoms with E-state index in [1.807, 2.05) is 18.7 Å². The van der Waals surface area contributed by atoms with Gasteiger partial charge in [-0.15, -0.1) is 6.58 Å². The molecule has 1 aromatic heterocycles. The van der Waals surface area contributed by atoms with Crippen LogP contribution in [0.4, 0.5) is 5.82 Å². The molecule has 110 valence electrons. The molecule has 0 atom stereocenters. The summed E-state index contributed by atoms with van der Waals surface area (Å²) >= 11 is 0. The van der Waals surface area contributed by atoms with Crippen LogP contribution in [0, 0.1) is 0 Å². The number of carbonyl (C=O) groups is 1. The van der Waals surface area contributed by atoms with Crippen molar-refractivity contribution in [2.75, 3.05) is 31.7 Å². The number of hydrogen-bond donors (Lipinski definition) is 1. The lowest BCUT2D eigenvalue weighted by Crippen LogP contribution is -2.28. The summed E-state index contributed by atoms with van der Waals surface area (Å²) in [5, 5.41) is 9.21. The van der Waals surface area contributed by atoms with E-state index in [1.54, 1.807) is 25.3 Å². The molecule has 0 saturated heterocycles. The summed E-state index contributed by atoms with van der Waals surface area (Å²) in [6.45, 7) is 9.48. The molecule has 0 fully saturated rings. The van der Waals surface area contributed by atoms with Gasteiger partial charge in [-0.3, -0.25) is 0 Å². The van der Waals surface area contributed by atoms with Crippen molar-refractivity contribution in [2.24, 2.45) is 0 Å². The van der Waals surface area contributed by atoms with Crippen molar-refractivity contribution < 1.29 is 14.6 Å². The monoisotopic (exact) mass is 278 g/mol. The van der Waals surface area contributed by atoms with Crippen molar-refractivity contribution in [3.05, 3.63) is 36.0 Å². The maximum Gasteiger partial charge on any atom is 0.335 e. The van der Waals surface area contributed by atoms with Gasteiger partial charge in [-0.25, -0.2) is 9.78 Å². The number of rotatable bonds is 8. The van der Waals surface area contributed by atoms with Crippen molar-refractivity contribution >= 4 is 11.8 Å². The van der Waals surface area contributed by atoms with Gasteiger partial charge < -0.3 is 14.7 Å². The summed E-state index contributed by atoms with van der Waals surface area (Å²) in [6, 6.07) is 3.21. The SMILES string of the molecule is C=CCN(CCOC)c1cc(C(=O)O)cc(C(C)C)n1. The zero-order chi connectivity index (χ0) is 15.1. The maximum atomic E-state index is 11.2. The first-order valence-corrected chi connectivity index (χ1v) is 6.59. The molecule has 0 aliphatic rings. The number of pyridine rings is 1. The van der Waals surface area contributed by atoms with Gasteiger partial charge >= 0.3 is 5.97 Å². The van der Waals surface area contributed by atoms with Gasteiger partial charge in [0.15, 0.2) is 0 Å². The topological polar surface area (TPSA) is 62.7 Å². The summed E-state index contributed by atoms with van der Waals surface area (Å²) in [5.41, 5.74) is 1.02. The molecule has 0 saturated carbocycles. The van der Waals surface area contributed by atoms with Crippen LogP contribution in [0.2, 0.25) is 0 Å². The number of nitrogens with zero attached hydrogens (tertiary/aromatic N) is 2. The molecule has 0 amide bonds. The molecule has 0 bridgehead atoms. The van der Waals surface area contributed by atoms with E-state index >= 15 is 0 Å². The van der Waals surface area contributed by atoms with Gasteiger partial charge in [-0.2, -0.15) is 0 Å². The van der Waals surface area contributed by atoms with Crippen molar-refractivity contribution in [1.29, 1.82) is 0 Å². The Morgan fingerprint density at radius 1 is 1.55 bits per heavy atom. The van der Waals surface area contributed by atoms with Crippen molar-refractivity contribution in [2.45, 2.75) is 19.8 Å². The van der Waals surface area contributed by atoms with Gasteiger partial charge in [-0.1, -0.05) is 19.9 Å². The third kappa shape index (κ3) is 4.35. The molecule has 1 N–H and O–H groups in total. The molecular weight excluding hydrogens is 256 g/mol. The minimum atomic E-state index is -0.944. The third-order valence-electron chi connectivity index (χ3n) is 2.91. The molecule has 1 heterocycles. The van der Waals surface area contributed by atoms with Crippen LogP contribution < -0.4 is 4.90 Å². The molecule has 5 nitrogen and oxygen atoms in total. The Hall–Kier alpha value is -1.88. The molecule has 1 rings (SSSR count). The summed E-state index contributed by atoms with van der Waals surface area (Å²) < 4.78 is 5.08. The third-order valence-corrected chi connectivity index (χ3v) is 2.91. The van der Waals surface area contributed by atoms with Crippen LogP contribution in [0.5, 0.6) is 0 Å². The number of anilines is 1. The first kappa shape index (κ1) is 16.2. The highest BCUT2D eigenvalue weighted by Crippen LogP contribution is 2.20. The maximum absolute atomic E-state index is 11.2. The minimum Gasteiger partial charge on any atom is -0.478 e. The van der Waals surface area contributed by atoms with Crippen LogP contribution in [-0.2, 0) is 4.74 Å². The van der Waals surface area contributed by atoms with E-state index in [0.29, 0.717) is 25.5 Å². The molecule has 5 heteroatoms. The first-order valence-electron chi connectivity index (χ1n) is 6.59. The number of hydrogen-bond acceptors (Lipinski definition) is 4. The molecule has 0 unspecified atom stereocenters. The number of aromatic carboxylic acids is 1. The smallest absolute Gasteiger partial charge is 0.335 e. The Morgan fingerprint density at radius 2 is 2.25 bits per heavy atom. The van der Waals surface area contributed by atoms with Crippen LogP contribution in [-0.4, -0.2) is 42.9 Å². The standard InChI is InChI=1S/C15H22N2O3/c1-5-6-17(7-8-20-4)14-10-12(15(18)19)9-13(16-14)11(2)3/h5,9-11H,1,6-8H2,2-4H3,(H,18,19). The van der Waals surface area contributed by atoms with E-state index in [9.17, 15) is 9.90 Å². The predicted octanol–water partition coefficient (Wildman–Crippen LogP) is 2.54. The molecule has 20 heavy (non-hydrogen) atoms. The summed E-state index contributed by atoms with van der Waals surface area (Å²) in [4.78, 5) is 17.7. The lowest BCUT2D eigenvalue weighted by molar-refractivity contribution is 0.0696. The Balaban J connectivity index is 3.17. The lowest BCUT2D eigenvalue weighted by atomic mass is 10.1. The molecule has 0 aliphatic carbocycles. The molecule has 0 spiro atoms. The van der Waals surface area contributed by atoms with Crippen molar-refractivity contribution in [1.82, 2.24) is 4.98 Å². The molecule has 0 aliphatic heterocycles. The van der Waals surface area contributed by atoms with Gasteiger partial charge in [-0.05, 0) is 18.1 Å². The van der Waals surface area contributed by atoms with Gasteiger partial charge in [0.2, 0.25) is 0 Å². The second kappa shape index (κ2) is 7.65. The van der Waals surface area contributed by atoms with Crippen molar-refractivity contribution in [3.8, 4) is 0 Å². The van der Waals surface area contributed by atoms with Crippen LogP contribution >= 0.6 is 0 Å². The number of aromatic nitrogens is 1. The molecule has 0 aromatic carbocycles. The van der Waals surface area contributed by atoms with Gasteiger partial charge in [0.05, 0.1) is 12.2 Å². The highest BCUT2D eigenvalue weighted by atomic mass is 16.5. The van der Waals surface area contributed by atoms with E-state index in [4.69, 9.17) is 4.74 Å². The number of carboxylic acid groups (broad SMARTS) is 1. The lowest BCUT2D eigenvalue weighted by Gasteiger charge is -2.23. The number of carboxylic acids is 1. The quantitative estimate of drug-likeness (QED) is 0.740. The van der Waals surface area contributed by atoms with Crippen molar-refractivity contribution in [3.63, 3.8) is 0 Å². The largest absolute Gasteiger partial charge is 0.478 e. The Bertz CT molecular complexity index is 472. The fraction of sp³-hybridized carbons (Fsp3) is 0.467. The fourth-order valence-corrected chi connectivity index (χ4v) is 1.77. The highest BCUT2D eigenvalue weighted by molar-refractivity contribution is 5.88. The second-order valence-corrected chi connectivity index (χ2v) is 4.83. The van der Waals surface area contributed by atoms with Crippen LogP contribution in [0.3, 0.4) is 0 Å². The van der Waals surface area contributed by atoms with E-state index in [1.165, 1.54) is 0 Å². The summed E-state index contributed by atoms with van der Waals surface area (Å²) in [6.07, 6.45) is 1.76. The molecule has 0 radical (unpaired) electrons. The molecule has 1 aromatic rings. The van der Waals surface area contributed by atoms with Crippen LogP contribution in [0.15, 0.2) is 24.8 Å². The zero-order valence-electron chi connectivity index (χ0n) is 12.3. The van der Waals surface area contributed by atoms with E-state index in [0.717, 1.165) is 5.69 Å². The van der Waals surface area contributed by atoms with E-state index < -0.39 is 5.97 Å². The van der Waals surface area contributed by atoms with Crippen LogP contribution in [0.1, 0.15) is 35.8 Å². The first-order chi connectivity index (χ1) is 9.49. The van der Waals surface area contributed by atoms with E-state index in [-0.39, 0.29) is 11.5 Å². The Morgan fingerprint density at radius 3 is 2.75 bits per heavy atom. The van der Waals surface area contributed by atoms with Gasteiger partial charge in [0, 0.05) is 25.9 Å². The molecular formula is C15H22N2O3. The minimum absolute atomic E-state index is 0.168. The zero-order valence-corrected chi connectivity index (χ0v) is 12.3. The average molecular weight is 278 g/mol. The van der Waals surface area contributed by atoms with Crippen LogP contribution in [0.25, 0.3) is 0 Å². The number of ether oxygens (including phenoxy) is 1. The normalized spacial score (nSPS) is 10.6. The Labute approximate surface area is 119 Å². The second-order valence-electron chi connectivity index (χ2n) is 4.83. The summed E-state index contributed by atoms with van der Waals surface area (Å²) in [7, 11) is 1.63. The average Bonchev–Trinajstić information content (AvgIpc) is 2.42. The Kier molecular flexibility index (Phi) is 6.18. The summed E-state index contributed by atoms with van der Waals surface area (Å²) in [5.74, 6) is -0.132. The highest BCUT2D eigenvalue weighted by Gasteiger charge is 2.14. The predicted molar refractivity (Wildman–Crippen MR) is 79.6 cm³/mol.